The van der Waals surface area contributed by atoms with Crippen LogP contribution in [0.3, 0.4) is 0 Å². The summed E-state index contributed by atoms with van der Waals surface area (Å²) in [4.78, 5) is 32.3. The Morgan fingerprint density at radius 3 is 2.61 bits per heavy atom. The molecule has 1 aromatic heterocycles. The van der Waals surface area contributed by atoms with E-state index >= 15 is 0 Å². The van der Waals surface area contributed by atoms with E-state index in [2.05, 4.69) is 32.7 Å². The number of carbonyl (C=O) groups excluding carboxylic acids is 2. The van der Waals surface area contributed by atoms with Gasteiger partial charge in [0.15, 0.2) is 0 Å². The molecule has 1 aromatic carbocycles. The van der Waals surface area contributed by atoms with Crippen molar-refractivity contribution in [2.75, 3.05) is 44.8 Å². The molecule has 1 aliphatic heterocycles. The van der Waals surface area contributed by atoms with E-state index in [9.17, 15) is 14.7 Å². The molecule has 0 spiro atoms. The lowest BCUT2D eigenvalue weighted by Crippen LogP contribution is -2.49. The van der Waals surface area contributed by atoms with E-state index in [-0.39, 0.29) is 11.8 Å². The van der Waals surface area contributed by atoms with Crippen molar-refractivity contribution in [3.05, 3.63) is 40.5 Å². The number of hydrogen-bond acceptors (Lipinski definition) is 7. The van der Waals surface area contributed by atoms with Crippen molar-refractivity contribution >= 4 is 33.8 Å². The molecule has 0 saturated carbocycles. The summed E-state index contributed by atoms with van der Waals surface area (Å²) in [5.74, 6) is 0.276. The Balaban J connectivity index is 1.74. The van der Waals surface area contributed by atoms with E-state index in [0.717, 1.165) is 24.2 Å². The molecule has 0 atom stereocenters. The van der Waals surface area contributed by atoms with Crippen molar-refractivity contribution < 1.29 is 24.2 Å². The molecule has 8 nitrogen and oxygen atoms in total. The highest BCUT2D eigenvalue weighted by atomic mass is 79.9. The number of benzene rings is 1. The van der Waals surface area contributed by atoms with Crippen molar-refractivity contribution in [2.45, 2.75) is 19.8 Å². The lowest BCUT2D eigenvalue weighted by Gasteiger charge is -2.34. The molecular formula is C22H26BrN3O5. The van der Waals surface area contributed by atoms with E-state index in [1.165, 1.54) is 13.2 Å². The summed E-state index contributed by atoms with van der Waals surface area (Å²) in [7, 11) is 1.31. The number of carbonyl (C=O) groups is 2. The Kier molecular flexibility index (Phi) is 7.73. The lowest BCUT2D eigenvalue weighted by molar-refractivity contribution is 0.0600. The first-order valence-electron chi connectivity index (χ1n) is 10.2. The van der Waals surface area contributed by atoms with Crippen LogP contribution in [0.4, 0.5) is 10.6 Å². The molecule has 31 heavy (non-hydrogen) atoms. The predicted molar refractivity (Wildman–Crippen MR) is 120 cm³/mol. The number of piperazine rings is 1. The predicted octanol–water partition coefficient (Wildman–Crippen LogP) is 4.06. The monoisotopic (exact) mass is 491 g/mol. The fourth-order valence-electron chi connectivity index (χ4n) is 3.33. The van der Waals surface area contributed by atoms with Crippen molar-refractivity contribution in [3.63, 3.8) is 0 Å². The van der Waals surface area contributed by atoms with Crippen LogP contribution < -0.4 is 4.90 Å². The zero-order valence-electron chi connectivity index (χ0n) is 17.6. The average molecular weight is 492 g/mol. The van der Waals surface area contributed by atoms with Gasteiger partial charge in [-0.15, -0.1) is 0 Å². The molecule has 1 fully saturated rings. The SMILES string of the molecule is CCCCOC(=O)N1CCN(c2cc(-c3cc(C(=O)OC)cc(Br)c3O)ccn2)CC1. The molecule has 9 heteroatoms. The van der Waals surface area contributed by atoms with Gasteiger partial charge in [0.05, 0.1) is 23.8 Å². The minimum Gasteiger partial charge on any atom is -0.506 e. The first kappa shape index (κ1) is 22.9. The summed E-state index contributed by atoms with van der Waals surface area (Å²) < 4.78 is 10.5. The zero-order valence-corrected chi connectivity index (χ0v) is 19.2. The zero-order chi connectivity index (χ0) is 22.4. The third kappa shape index (κ3) is 5.46. The first-order chi connectivity index (χ1) is 14.9. The molecule has 166 valence electrons. The van der Waals surface area contributed by atoms with Crippen LogP contribution >= 0.6 is 15.9 Å². The Bertz CT molecular complexity index is 945. The van der Waals surface area contributed by atoms with Crippen LogP contribution in [-0.2, 0) is 9.47 Å². The van der Waals surface area contributed by atoms with Gasteiger partial charge < -0.3 is 24.4 Å². The van der Waals surface area contributed by atoms with Gasteiger partial charge in [0, 0.05) is 37.9 Å². The number of pyridine rings is 1. The molecule has 0 unspecified atom stereocenters. The van der Waals surface area contributed by atoms with Gasteiger partial charge >= 0.3 is 12.1 Å². The maximum absolute atomic E-state index is 12.1. The number of rotatable bonds is 6. The average Bonchev–Trinajstić information content (AvgIpc) is 2.80. The number of aromatic hydroxyl groups is 1. The van der Waals surface area contributed by atoms with Crippen LogP contribution in [0.25, 0.3) is 11.1 Å². The highest BCUT2D eigenvalue weighted by molar-refractivity contribution is 9.10. The number of unbranched alkanes of at least 4 members (excludes halogenated alkanes) is 1. The van der Waals surface area contributed by atoms with Gasteiger partial charge in [-0.05, 0) is 52.2 Å². The molecule has 3 rings (SSSR count). The number of ether oxygens (including phenoxy) is 2. The molecule has 0 bridgehead atoms. The van der Waals surface area contributed by atoms with Crippen molar-refractivity contribution in [3.8, 4) is 16.9 Å². The smallest absolute Gasteiger partial charge is 0.409 e. The Labute approximate surface area is 189 Å². The van der Waals surface area contributed by atoms with Crippen LogP contribution in [-0.4, -0.2) is 66.9 Å². The van der Waals surface area contributed by atoms with Gasteiger partial charge in [0.2, 0.25) is 0 Å². The number of amides is 1. The maximum Gasteiger partial charge on any atom is 0.409 e. The molecule has 0 aliphatic carbocycles. The molecule has 1 aliphatic rings. The number of anilines is 1. The van der Waals surface area contributed by atoms with Crippen LogP contribution in [0.1, 0.15) is 30.1 Å². The number of nitrogens with zero attached hydrogens (tertiary/aromatic N) is 3. The summed E-state index contributed by atoms with van der Waals surface area (Å²) in [6.07, 6.45) is 3.23. The molecule has 0 radical (unpaired) electrons. The normalized spacial score (nSPS) is 13.8. The minimum atomic E-state index is -0.488. The highest BCUT2D eigenvalue weighted by Crippen LogP contribution is 2.37. The second-order valence-electron chi connectivity index (χ2n) is 7.19. The van der Waals surface area contributed by atoms with Crippen LogP contribution in [0, 0.1) is 0 Å². The molecule has 1 saturated heterocycles. The lowest BCUT2D eigenvalue weighted by atomic mass is 10.0. The van der Waals surface area contributed by atoms with Crippen LogP contribution in [0.5, 0.6) is 5.75 Å². The van der Waals surface area contributed by atoms with Gasteiger partial charge in [-0.3, -0.25) is 0 Å². The molecule has 2 heterocycles. The minimum absolute atomic E-state index is 0.0319. The number of phenols is 1. The molecule has 1 N–H and O–H groups in total. The summed E-state index contributed by atoms with van der Waals surface area (Å²) in [6.45, 7) is 4.84. The Morgan fingerprint density at radius 1 is 1.19 bits per heavy atom. The van der Waals surface area contributed by atoms with Gasteiger partial charge in [-0.1, -0.05) is 13.3 Å². The Hall–Kier alpha value is -2.81. The second-order valence-corrected chi connectivity index (χ2v) is 8.04. The number of phenolic OH excluding ortho intramolecular Hbond substituents is 1. The number of methoxy groups -OCH3 is 1. The van der Waals surface area contributed by atoms with Crippen LogP contribution in [0.2, 0.25) is 0 Å². The fraction of sp³-hybridized carbons (Fsp3) is 0.409. The van der Waals surface area contributed by atoms with E-state index in [4.69, 9.17) is 9.47 Å². The summed E-state index contributed by atoms with van der Waals surface area (Å²) in [5.41, 5.74) is 1.54. The summed E-state index contributed by atoms with van der Waals surface area (Å²) in [6, 6.07) is 6.74. The third-order valence-corrected chi connectivity index (χ3v) is 5.73. The highest BCUT2D eigenvalue weighted by Gasteiger charge is 2.23. The number of aromatic nitrogens is 1. The van der Waals surface area contributed by atoms with Crippen molar-refractivity contribution in [1.29, 1.82) is 0 Å². The second kappa shape index (κ2) is 10.5. The quantitative estimate of drug-likeness (QED) is 0.480. The summed E-state index contributed by atoms with van der Waals surface area (Å²) >= 11 is 3.30. The van der Waals surface area contributed by atoms with E-state index < -0.39 is 5.97 Å². The number of hydrogen-bond donors (Lipinski definition) is 1. The maximum atomic E-state index is 12.1. The molecule has 1 amide bonds. The van der Waals surface area contributed by atoms with Gasteiger partial charge in [-0.25, -0.2) is 14.6 Å². The van der Waals surface area contributed by atoms with Crippen molar-refractivity contribution in [1.82, 2.24) is 9.88 Å². The summed E-state index contributed by atoms with van der Waals surface area (Å²) in [5, 5.41) is 10.5. The largest absolute Gasteiger partial charge is 0.506 e. The number of esters is 1. The van der Waals surface area contributed by atoms with Gasteiger partial charge in [0.25, 0.3) is 0 Å². The van der Waals surface area contributed by atoms with E-state index in [0.29, 0.717) is 48.4 Å². The van der Waals surface area contributed by atoms with E-state index in [1.54, 1.807) is 23.2 Å². The van der Waals surface area contributed by atoms with Crippen molar-refractivity contribution in [2.24, 2.45) is 0 Å². The standard InChI is InChI=1S/C22H26BrN3O5/c1-3-4-11-31-22(29)26-9-7-25(8-10-26)19-14-15(5-6-24-19)17-12-16(21(28)30-2)13-18(23)20(17)27/h5-6,12-14,27H,3-4,7-11H2,1-2H3. The first-order valence-corrected chi connectivity index (χ1v) is 11.0. The van der Waals surface area contributed by atoms with Crippen LogP contribution in [0.15, 0.2) is 34.9 Å². The Morgan fingerprint density at radius 2 is 1.94 bits per heavy atom. The van der Waals surface area contributed by atoms with E-state index in [1.807, 2.05) is 6.07 Å². The van der Waals surface area contributed by atoms with Gasteiger partial charge in [0.1, 0.15) is 11.6 Å². The van der Waals surface area contributed by atoms with Gasteiger partial charge in [-0.2, -0.15) is 0 Å². The number of halogens is 1. The third-order valence-electron chi connectivity index (χ3n) is 5.13. The topological polar surface area (TPSA) is 92.2 Å². The molecular weight excluding hydrogens is 466 g/mol. The fourth-order valence-corrected chi connectivity index (χ4v) is 3.79. The molecule has 2 aromatic rings.